The Morgan fingerprint density at radius 2 is 2.12 bits per heavy atom. The molecule has 0 aromatic heterocycles. The summed E-state index contributed by atoms with van der Waals surface area (Å²) in [5.41, 5.74) is 10.4. The second kappa shape index (κ2) is 3.72. The van der Waals surface area contributed by atoms with Crippen molar-refractivity contribution in [3.63, 3.8) is 0 Å². The Morgan fingerprint density at radius 3 is 3.00 bits per heavy atom. The van der Waals surface area contributed by atoms with Crippen molar-refractivity contribution in [2.45, 2.75) is 24.9 Å². The van der Waals surface area contributed by atoms with Gasteiger partial charge in [-0.1, -0.05) is 30.3 Å². The summed E-state index contributed by atoms with van der Waals surface area (Å²) < 4.78 is 0. The largest absolute Gasteiger partial charge is 0.323 e. The molecule has 1 heterocycles. The summed E-state index contributed by atoms with van der Waals surface area (Å²) in [5.74, 6) is 0. The molecule has 0 spiro atoms. The molecule has 2 nitrogen and oxygen atoms in total. The second-order valence-electron chi connectivity index (χ2n) is 4.94. The van der Waals surface area contributed by atoms with E-state index in [9.17, 15) is 0 Å². The number of nitrogens with two attached hydrogens (primary N) is 1. The first-order valence-corrected chi connectivity index (χ1v) is 6.01. The average molecular weight is 214 g/mol. The average Bonchev–Trinajstić information content (AvgIpc) is 2.28. The van der Waals surface area contributed by atoms with Crippen molar-refractivity contribution < 1.29 is 0 Å². The molecule has 1 aromatic rings. The molecule has 0 amide bonds. The molecule has 0 bridgehead atoms. The fraction of sp³-hybridized carbons (Fsp3) is 0.429. The number of hydrogen-bond acceptors (Lipinski definition) is 2. The van der Waals surface area contributed by atoms with Crippen LogP contribution < -0.4 is 5.73 Å². The van der Waals surface area contributed by atoms with Gasteiger partial charge in [-0.2, -0.15) is 0 Å². The van der Waals surface area contributed by atoms with Crippen molar-refractivity contribution >= 4 is 5.57 Å². The van der Waals surface area contributed by atoms with Gasteiger partial charge in [0.2, 0.25) is 0 Å². The van der Waals surface area contributed by atoms with Crippen LogP contribution in [0, 0.1) is 0 Å². The number of fused-ring (bicyclic) bond motifs is 3. The number of hydrogen-bond donors (Lipinski definition) is 1. The molecule has 0 saturated carbocycles. The molecule has 84 valence electrons. The van der Waals surface area contributed by atoms with Crippen LogP contribution in [-0.4, -0.2) is 30.6 Å². The lowest BCUT2D eigenvalue weighted by atomic mass is 9.80. The standard InChI is InChI=1S/C14H18N2/c1-16-9-11(15)8-13-12-5-3-2-4-10(12)6-7-14(13)16/h2-5,8,11,14H,6-7,9,15H2,1H3/t11-,14-/m1/s1. The number of rotatable bonds is 0. The van der Waals surface area contributed by atoms with Crippen molar-refractivity contribution in [1.29, 1.82) is 0 Å². The van der Waals surface area contributed by atoms with Crippen molar-refractivity contribution in [2.75, 3.05) is 13.6 Å². The Labute approximate surface area is 96.7 Å². The first-order valence-electron chi connectivity index (χ1n) is 6.01. The fourth-order valence-corrected chi connectivity index (χ4v) is 3.05. The first kappa shape index (κ1) is 10.1. The van der Waals surface area contributed by atoms with Crippen molar-refractivity contribution in [1.82, 2.24) is 4.90 Å². The summed E-state index contributed by atoms with van der Waals surface area (Å²) in [4.78, 5) is 2.40. The maximum Gasteiger partial charge on any atom is 0.0360 e. The molecule has 0 unspecified atom stereocenters. The van der Waals surface area contributed by atoms with E-state index in [1.807, 2.05) is 0 Å². The third-order valence-electron chi connectivity index (χ3n) is 3.80. The van der Waals surface area contributed by atoms with Crippen LogP contribution in [0.3, 0.4) is 0 Å². The highest BCUT2D eigenvalue weighted by atomic mass is 15.1. The second-order valence-corrected chi connectivity index (χ2v) is 4.94. The van der Waals surface area contributed by atoms with Gasteiger partial charge in [0.05, 0.1) is 0 Å². The van der Waals surface area contributed by atoms with Gasteiger partial charge in [-0.3, -0.25) is 4.90 Å². The number of nitrogens with zero attached hydrogens (tertiary/aromatic N) is 1. The van der Waals surface area contributed by atoms with Crippen molar-refractivity contribution in [3.8, 4) is 0 Å². The molecule has 2 N–H and O–H groups in total. The van der Waals surface area contributed by atoms with E-state index in [4.69, 9.17) is 5.73 Å². The first-order chi connectivity index (χ1) is 7.75. The Balaban J connectivity index is 2.10. The molecule has 0 fully saturated rings. The fourth-order valence-electron chi connectivity index (χ4n) is 3.05. The van der Waals surface area contributed by atoms with E-state index in [2.05, 4.69) is 42.3 Å². The van der Waals surface area contributed by atoms with Gasteiger partial charge in [0.15, 0.2) is 0 Å². The Hall–Kier alpha value is -1.12. The third-order valence-corrected chi connectivity index (χ3v) is 3.80. The molecular weight excluding hydrogens is 196 g/mol. The molecule has 2 heteroatoms. The highest BCUT2D eigenvalue weighted by Crippen LogP contribution is 2.35. The SMILES string of the molecule is CN1C[C@H](N)C=C2c3ccccc3CC[C@H]21. The highest BCUT2D eigenvalue weighted by molar-refractivity contribution is 5.75. The molecular formula is C14H18N2. The molecule has 1 aromatic carbocycles. The molecule has 2 aliphatic rings. The molecule has 16 heavy (non-hydrogen) atoms. The zero-order valence-corrected chi connectivity index (χ0v) is 9.69. The van der Waals surface area contributed by atoms with Crippen molar-refractivity contribution in [3.05, 3.63) is 41.5 Å². The Morgan fingerprint density at radius 1 is 1.31 bits per heavy atom. The number of benzene rings is 1. The van der Waals surface area contributed by atoms with Crippen LogP contribution in [0.2, 0.25) is 0 Å². The number of likely N-dealkylation sites (N-methyl/N-ethyl adjacent to an activating group) is 1. The minimum absolute atomic E-state index is 0.183. The minimum atomic E-state index is 0.183. The summed E-state index contributed by atoms with van der Waals surface area (Å²) in [6, 6.07) is 9.50. The lowest BCUT2D eigenvalue weighted by Gasteiger charge is -2.39. The van der Waals surface area contributed by atoms with Gasteiger partial charge in [0, 0.05) is 18.6 Å². The molecule has 3 rings (SSSR count). The predicted molar refractivity (Wildman–Crippen MR) is 67.1 cm³/mol. The monoisotopic (exact) mass is 214 g/mol. The maximum atomic E-state index is 6.07. The lowest BCUT2D eigenvalue weighted by Crippen LogP contribution is -2.46. The van der Waals surface area contributed by atoms with Crippen LogP contribution in [0.25, 0.3) is 5.57 Å². The van der Waals surface area contributed by atoms with Crippen LogP contribution in [0.1, 0.15) is 17.5 Å². The normalized spacial score (nSPS) is 29.2. The molecule has 2 atom stereocenters. The van der Waals surface area contributed by atoms with E-state index < -0.39 is 0 Å². The van der Waals surface area contributed by atoms with Gasteiger partial charge in [-0.25, -0.2) is 0 Å². The van der Waals surface area contributed by atoms with Gasteiger partial charge in [0.1, 0.15) is 0 Å². The van der Waals surface area contributed by atoms with Gasteiger partial charge in [-0.05, 0) is 36.6 Å². The van der Waals surface area contributed by atoms with Gasteiger partial charge < -0.3 is 5.73 Å². The summed E-state index contributed by atoms with van der Waals surface area (Å²) >= 11 is 0. The lowest BCUT2D eigenvalue weighted by molar-refractivity contribution is 0.257. The van der Waals surface area contributed by atoms with Gasteiger partial charge in [0.25, 0.3) is 0 Å². The quantitative estimate of drug-likeness (QED) is 0.711. The molecule has 1 aliphatic heterocycles. The summed E-state index contributed by atoms with van der Waals surface area (Å²) in [5, 5.41) is 0. The zero-order chi connectivity index (χ0) is 11.1. The van der Waals surface area contributed by atoms with Crippen LogP contribution in [0.4, 0.5) is 0 Å². The highest BCUT2D eigenvalue weighted by Gasteiger charge is 2.30. The Bertz CT molecular complexity index is 436. The molecule has 0 radical (unpaired) electrons. The smallest absolute Gasteiger partial charge is 0.0360 e. The van der Waals surface area contributed by atoms with Crippen molar-refractivity contribution in [2.24, 2.45) is 5.73 Å². The molecule has 0 saturated heterocycles. The van der Waals surface area contributed by atoms with Crippen LogP contribution in [-0.2, 0) is 6.42 Å². The van der Waals surface area contributed by atoms with Gasteiger partial charge >= 0.3 is 0 Å². The summed E-state index contributed by atoms with van der Waals surface area (Å²) in [6.45, 7) is 0.982. The van der Waals surface area contributed by atoms with E-state index in [-0.39, 0.29) is 6.04 Å². The van der Waals surface area contributed by atoms with E-state index in [1.54, 1.807) is 0 Å². The minimum Gasteiger partial charge on any atom is -0.323 e. The van der Waals surface area contributed by atoms with Crippen LogP contribution in [0.15, 0.2) is 30.3 Å². The van der Waals surface area contributed by atoms with Crippen LogP contribution in [0.5, 0.6) is 0 Å². The summed E-state index contributed by atoms with van der Waals surface area (Å²) in [6.07, 6.45) is 4.69. The molecule has 1 aliphatic carbocycles. The van der Waals surface area contributed by atoms with Crippen LogP contribution >= 0.6 is 0 Å². The van der Waals surface area contributed by atoms with E-state index in [1.165, 1.54) is 29.5 Å². The topological polar surface area (TPSA) is 29.3 Å². The zero-order valence-electron chi connectivity index (χ0n) is 9.69. The Kier molecular flexibility index (Phi) is 2.34. The van der Waals surface area contributed by atoms with E-state index >= 15 is 0 Å². The van der Waals surface area contributed by atoms with E-state index in [0.717, 1.165) is 6.54 Å². The predicted octanol–water partition coefficient (Wildman–Crippen LogP) is 1.66. The maximum absolute atomic E-state index is 6.07. The van der Waals surface area contributed by atoms with Gasteiger partial charge in [-0.15, -0.1) is 0 Å². The number of aryl methyl sites for hydroxylation is 1. The third kappa shape index (κ3) is 1.49. The summed E-state index contributed by atoms with van der Waals surface area (Å²) in [7, 11) is 2.19. The van der Waals surface area contributed by atoms with E-state index in [0.29, 0.717) is 6.04 Å².